The smallest absolute Gasteiger partial charge is 0.295 e. The van der Waals surface area contributed by atoms with E-state index in [0.717, 1.165) is 17.1 Å². The first-order valence-corrected chi connectivity index (χ1v) is 8.65. The monoisotopic (exact) mass is 359 g/mol. The van der Waals surface area contributed by atoms with Gasteiger partial charge in [-0.15, -0.1) is 5.43 Å². The van der Waals surface area contributed by atoms with Gasteiger partial charge >= 0.3 is 5.91 Å². The van der Waals surface area contributed by atoms with Gasteiger partial charge in [-0.1, -0.05) is 41.1 Å². The maximum atomic E-state index is 12.9. The molecule has 0 saturated carbocycles. The number of benzene rings is 2. The number of aryl methyl sites for hydroxylation is 1. The predicted molar refractivity (Wildman–Crippen MR) is 104 cm³/mol. The number of rotatable bonds is 3. The Morgan fingerprint density at radius 3 is 2.22 bits per heavy atom. The van der Waals surface area contributed by atoms with Crippen LogP contribution in [0.3, 0.4) is 0 Å². The molecule has 134 valence electrons. The number of aromatic nitrogens is 2. The molecule has 2 N–H and O–H groups in total. The third kappa shape index (κ3) is 2.91. The van der Waals surface area contributed by atoms with Gasteiger partial charge in [0, 0.05) is 24.8 Å². The number of hydrogen-bond donors (Lipinski definition) is 2. The number of carbonyl (C=O) groups is 1. The Morgan fingerprint density at radius 2 is 1.56 bits per heavy atom. The van der Waals surface area contributed by atoms with E-state index in [0.29, 0.717) is 16.8 Å². The summed E-state index contributed by atoms with van der Waals surface area (Å²) in [4.78, 5) is 25.4. The number of amides is 1. The van der Waals surface area contributed by atoms with Gasteiger partial charge in [-0.3, -0.25) is 14.7 Å². The Hall–Kier alpha value is -3.67. The molecule has 0 radical (unpaired) electrons. The molecule has 4 rings (SSSR count). The molecule has 0 saturated heterocycles. The van der Waals surface area contributed by atoms with E-state index >= 15 is 0 Å². The molecule has 0 unspecified atom stereocenters. The largest absolute Gasteiger partial charge is 0.311 e. The van der Waals surface area contributed by atoms with E-state index in [9.17, 15) is 9.59 Å². The Balaban J connectivity index is 1.81. The third-order valence-electron chi connectivity index (χ3n) is 4.62. The van der Waals surface area contributed by atoms with Crippen LogP contribution in [-0.2, 0) is 4.79 Å². The van der Waals surface area contributed by atoms with Crippen molar-refractivity contribution in [3.05, 3.63) is 87.8 Å². The quantitative estimate of drug-likeness (QED) is 0.558. The molecule has 6 heteroatoms. The number of hydrogen-bond acceptors (Lipinski definition) is 2. The minimum atomic E-state index is -0.234. The minimum absolute atomic E-state index is 0.190. The fraction of sp³-hybridized carbons (Fsp3) is 0.0952. The van der Waals surface area contributed by atoms with Crippen LogP contribution in [0.15, 0.2) is 71.0 Å². The van der Waals surface area contributed by atoms with Crippen LogP contribution in [0.2, 0.25) is 0 Å². The Morgan fingerprint density at radius 1 is 0.926 bits per heavy atom. The molecule has 0 aliphatic carbocycles. The van der Waals surface area contributed by atoms with Gasteiger partial charge in [0.15, 0.2) is 0 Å². The molecule has 3 aromatic rings. The first-order valence-electron chi connectivity index (χ1n) is 8.65. The molecule has 0 atom stereocenters. The van der Waals surface area contributed by atoms with Gasteiger partial charge in [0.25, 0.3) is 5.56 Å². The van der Waals surface area contributed by atoms with Crippen LogP contribution in [-0.4, -0.2) is 26.1 Å². The SMILES string of the molecule is CC1=[N+](c2ccccc2)NC(=O)/C1=C\c1c(C)[nH]n(-c2ccccc2)c1=O. The fourth-order valence-electron chi connectivity index (χ4n) is 3.17. The molecule has 0 spiro atoms. The number of carbonyl (C=O) groups excluding carboxylic acids is 1. The number of hydrazone groups is 1. The normalized spacial score (nSPS) is 15.5. The van der Waals surface area contributed by atoms with Crippen LogP contribution in [0.25, 0.3) is 11.8 Å². The number of aromatic amines is 1. The zero-order valence-corrected chi connectivity index (χ0v) is 15.1. The average molecular weight is 359 g/mol. The zero-order valence-electron chi connectivity index (χ0n) is 15.1. The highest BCUT2D eigenvalue weighted by molar-refractivity contribution is 6.24. The molecule has 1 aromatic heterocycles. The van der Waals surface area contributed by atoms with Crippen LogP contribution in [0, 0.1) is 6.92 Å². The van der Waals surface area contributed by atoms with Gasteiger partial charge in [-0.2, -0.15) is 0 Å². The van der Waals surface area contributed by atoms with Gasteiger partial charge in [-0.25, -0.2) is 4.68 Å². The Labute approximate surface area is 156 Å². The summed E-state index contributed by atoms with van der Waals surface area (Å²) in [6.45, 7) is 3.68. The van der Waals surface area contributed by atoms with E-state index < -0.39 is 0 Å². The summed E-state index contributed by atoms with van der Waals surface area (Å²) in [6, 6.07) is 18.9. The van der Waals surface area contributed by atoms with E-state index in [1.807, 2.05) is 74.5 Å². The highest BCUT2D eigenvalue weighted by Crippen LogP contribution is 2.19. The molecular weight excluding hydrogens is 340 g/mol. The van der Waals surface area contributed by atoms with E-state index in [1.54, 1.807) is 10.8 Å². The van der Waals surface area contributed by atoms with Gasteiger partial charge in [-0.05, 0) is 25.1 Å². The fourth-order valence-corrected chi connectivity index (χ4v) is 3.17. The highest BCUT2D eigenvalue weighted by atomic mass is 16.2. The van der Waals surface area contributed by atoms with Crippen LogP contribution >= 0.6 is 0 Å². The van der Waals surface area contributed by atoms with E-state index in [-0.39, 0.29) is 11.5 Å². The third-order valence-corrected chi connectivity index (χ3v) is 4.62. The van der Waals surface area contributed by atoms with Gasteiger partial charge in [0.2, 0.25) is 11.4 Å². The van der Waals surface area contributed by atoms with Crippen molar-refractivity contribution in [2.45, 2.75) is 13.8 Å². The zero-order chi connectivity index (χ0) is 19.0. The van der Waals surface area contributed by atoms with Crippen LogP contribution in [0.1, 0.15) is 18.2 Å². The summed E-state index contributed by atoms with van der Waals surface area (Å²) in [5, 5.41) is 3.08. The number of hydrazine groups is 1. The van der Waals surface area contributed by atoms with E-state index in [4.69, 9.17) is 0 Å². The van der Waals surface area contributed by atoms with Crippen LogP contribution < -0.4 is 11.0 Å². The van der Waals surface area contributed by atoms with Gasteiger partial charge in [0.05, 0.1) is 11.3 Å². The Bertz CT molecular complexity index is 1140. The van der Waals surface area contributed by atoms with Crippen molar-refractivity contribution in [2.75, 3.05) is 0 Å². The van der Waals surface area contributed by atoms with Crippen molar-refractivity contribution >= 4 is 23.4 Å². The van der Waals surface area contributed by atoms with Crippen molar-refractivity contribution in [3.63, 3.8) is 0 Å². The molecule has 27 heavy (non-hydrogen) atoms. The van der Waals surface area contributed by atoms with Crippen LogP contribution in [0.4, 0.5) is 5.69 Å². The van der Waals surface area contributed by atoms with E-state index in [1.165, 1.54) is 4.68 Å². The predicted octanol–water partition coefficient (Wildman–Crippen LogP) is 2.71. The molecule has 1 amide bonds. The summed E-state index contributed by atoms with van der Waals surface area (Å²) >= 11 is 0. The lowest BCUT2D eigenvalue weighted by Gasteiger charge is -1.99. The summed E-state index contributed by atoms with van der Waals surface area (Å²) in [5.74, 6) is -0.234. The number of nitrogens with zero attached hydrogens (tertiary/aromatic N) is 2. The maximum absolute atomic E-state index is 12.9. The number of nitrogens with one attached hydrogen (secondary N) is 2. The van der Waals surface area contributed by atoms with E-state index in [2.05, 4.69) is 10.5 Å². The number of para-hydroxylation sites is 2. The number of H-pyrrole nitrogens is 1. The topological polar surface area (TPSA) is 69.9 Å². The van der Waals surface area contributed by atoms with Crippen molar-refractivity contribution in [1.29, 1.82) is 0 Å². The first kappa shape index (κ1) is 16.8. The molecule has 0 bridgehead atoms. The summed E-state index contributed by atoms with van der Waals surface area (Å²) in [6.07, 6.45) is 1.65. The summed E-state index contributed by atoms with van der Waals surface area (Å²) in [7, 11) is 0. The second-order valence-corrected chi connectivity index (χ2v) is 6.38. The van der Waals surface area contributed by atoms with Gasteiger partial charge in [0.1, 0.15) is 5.57 Å². The Kier molecular flexibility index (Phi) is 4.08. The lowest BCUT2D eigenvalue weighted by Crippen LogP contribution is -2.24. The van der Waals surface area contributed by atoms with Crippen LogP contribution in [0.5, 0.6) is 0 Å². The molecule has 1 aliphatic rings. The maximum Gasteiger partial charge on any atom is 0.311 e. The molecule has 2 aromatic carbocycles. The van der Waals surface area contributed by atoms with Crippen molar-refractivity contribution in [1.82, 2.24) is 15.2 Å². The molecule has 6 nitrogen and oxygen atoms in total. The molecule has 0 fully saturated rings. The molecular formula is C21H19N4O2+. The second kappa shape index (κ2) is 6.57. The second-order valence-electron chi connectivity index (χ2n) is 6.38. The van der Waals surface area contributed by atoms with Crippen molar-refractivity contribution < 1.29 is 9.48 Å². The average Bonchev–Trinajstić information content (AvgIpc) is 3.14. The lowest BCUT2D eigenvalue weighted by molar-refractivity contribution is -0.486. The molecule has 1 aliphatic heterocycles. The minimum Gasteiger partial charge on any atom is -0.295 e. The van der Waals surface area contributed by atoms with Gasteiger partial charge < -0.3 is 0 Å². The standard InChI is InChI=1S/C21H18N4O2/c1-14-18(21(27)25(22-14)17-11-7-4-8-12-17)13-19-15(2)24(23-20(19)26)16-9-5-3-6-10-16/h3-13H,1-2H3,(H,23,26)/p+1. The summed E-state index contributed by atoms with van der Waals surface area (Å²) in [5.41, 5.74) is 6.65. The summed E-state index contributed by atoms with van der Waals surface area (Å²) < 4.78 is 3.21. The van der Waals surface area contributed by atoms with Crippen molar-refractivity contribution in [3.8, 4) is 5.69 Å². The lowest BCUT2D eigenvalue weighted by atomic mass is 10.1. The molecule has 2 heterocycles. The first-order chi connectivity index (χ1) is 13.1. The highest BCUT2D eigenvalue weighted by Gasteiger charge is 2.34. The van der Waals surface area contributed by atoms with Crippen molar-refractivity contribution in [2.24, 2.45) is 0 Å².